The molecule has 0 bridgehead atoms. The van der Waals surface area contributed by atoms with E-state index >= 15 is 0 Å². The molecule has 1 aromatic carbocycles. The van der Waals surface area contributed by atoms with Crippen LogP contribution in [-0.4, -0.2) is 39.8 Å². The molecule has 3 atom stereocenters. The summed E-state index contributed by atoms with van der Waals surface area (Å²) in [6, 6.07) is 8.08. The first-order valence-corrected chi connectivity index (χ1v) is 8.84. The van der Waals surface area contributed by atoms with E-state index in [1.165, 1.54) is 6.42 Å². The van der Waals surface area contributed by atoms with Gasteiger partial charge in [0.15, 0.2) is 0 Å². The first-order valence-electron chi connectivity index (χ1n) is 8.84. The van der Waals surface area contributed by atoms with Crippen LogP contribution in [0.25, 0.3) is 11.4 Å². The molecule has 0 spiro atoms. The lowest BCUT2D eigenvalue weighted by Gasteiger charge is -2.32. The predicted molar refractivity (Wildman–Crippen MR) is 93.5 cm³/mol. The third-order valence-electron chi connectivity index (χ3n) is 5.24. The first-order chi connectivity index (χ1) is 11.6. The SMILES string of the molecule is Cc1ccccc1-c1noc(C(C)N(C)CC2CCCCC2O)n1. The molecule has 1 aliphatic rings. The normalized spacial score (nSPS) is 22.7. The van der Waals surface area contributed by atoms with Gasteiger partial charge in [-0.3, -0.25) is 4.90 Å². The molecule has 3 rings (SSSR count). The van der Waals surface area contributed by atoms with E-state index < -0.39 is 0 Å². The molecule has 2 aromatic rings. The average molecular weight is 329 g/mol. The summed E-state index contributed by atoms with van der Waals surface area (Å²) in [7, 11) is 2.06. The molecule has 1 N–H and O–H groups in total. The minimum absolute atomic E-state index is 0.0318. The van der Waals surface area contributed by atoms with Crippen molar-refractivity contribution in [2.75, 3.05) is 13.6 Å². The lowest BCUT2D eigenvalue weighted by Crippen LogP contribution is -2.36. The Morgan fingerprint density at radius 2 is 2.04 bits per heavy atom. The number of rotatable bonds is 5. The van der Waals surface area contributed by atoms with Gasteiger partial charge in [0, 0.05) is 12.1 Å². The molecule has 5 heteroatoms. The molecular formula is C19H27N3O2. The van der Waals surface area contributed by atoms with Crippen molar-refractivity contribution < 1.29 is 9.63 Å². The number of aromatic nitrogens is 2. The molecule has 1 fully saturated rings. The minimum Gasteiger partial charge on any atom is -0.393 e. The van der Waals surface area contributed by atoms with Crippen LogP contribution < -0.4 is 0 Å². The Bertz CT molecular complexity index is 670. The second kappa shape index (κ2) is 7.45. The van der Waals surface area contributed by atoms with E-state index in [1.54, 1.807) is 0 Å². The highest BCUT2D eigenvalue weighted by Crippen LogP contribution is 2.28. The van der Waals surface area contributed by atoms with Crippen LogP contribution in [0.4, 0.5) is 0 Å². The summed E-state index contributed by atoms with van der Waals surface area (Å²) in [6.07, 6.45) is 4.18. The van der Waals surface area contributed by atoms with E-state index in [4.69, 9.17) is 4.52 Å². The number of aliphatic hydroxyl groups is 1. The number of aliphatic hydroxyl groups excluding tert-OH is 1. The predicted octanol–water partition coefficient (Wildman–Crippen LogP) is 3.59. The van der Waals surface area contributed by atoms with E-state index in [9.17, 15) is 5.11 Å². The van der Waals surface area contributed by atoms with Crippen LogP contribution in [0.2, 0.25) is 0 Å². The molecule has 0 radical (unpaired) electrons. The van der Waals surface area contributed by atoms with Crippen molar-refractivity contribution >= 4 is 0 Å². The van der Waals surface area contributed by atoms with E-state index in [-0.39, 0.29) is 12.1 Å². The van der Waals surface area contributed by atoms with Gasteiger partial charge in [-0.25, -0.2) is 0 Å². The van der Waals surface area contributed by atoms with Crippen LogP contribution >= 0.6 is 0 Å². The van der Waals surface area contributed by atoms with Crippen molar-refractivity contribution in [3.63, 3.8) is 0 Å². The fourth-order valence-electron chi connectivity index (χ4n) is 3.46. The Morgan fingerprint density at radius 1 is 1.29 bits per heavy atom. The van der Waals surface area contributed by atoms with Crippen LogP contribution in [0.15, 0.2) is 28.8 Å². The first kappa shape index (κ1) is 17.1. The number of benzene rings is 1. The number of aryl methyl sites for hydroxylation is 1. The summed E-state index contributed by atoms with van der Waals surface area (Å²) in [6.45, 7) is 4.97. The molecule has 1 aromatic heterocycles. The summed E-state index contributed by atoms with van der Waals surface area (Å²) in [4.78, 5) is 6.80. The van der Waals surface area contributed by atoms with Crippen molar-refractivity contribution in [2.24, 2.45) is 5.92 Å². The monoisotopic (exact) mass is 329 g/mol. The van der Waals surface area contributed by atoms with Crippen molar-refractivity contribution in [3.05, 3.63) is 35.7 Å². The summed E-state index contributed by atoms with van der Waals surface area (Å²) in [5.74, 6) is 1.60. The molecule has 3 unspecified atom stereocenters. The average Bonchev–Trinajstić information content (AvgIpc) is 3.06. The summed E-state index contributed by atoms with van der Waals surface area (Å²) in [5, 5.41) is 14.3. The quantitative estimate of drug-likeness (QED) is 0.908. The van der Waals surface area contributed by atoms with Gasteiger partial charge in [0.1, 0.15) is 0 Å². The molecule has 1 saturated carbocycles. The molecule has 24 heavy (non-hydrogen) atoms. The highest BCUT2D eigenvalue weighted by atomic mass is 16.5. The zero-order chi connectivity index (χ0) is 17.1. The molecule has 130 valence electrons. The van der Waals surface area contributed by atoms with Crippen LogP contribution in [0.3, 0.4) is 0 Å². The van der Waals surface area contributed by atoms with Gasteiger partial charge in [-0.1, -0.05) is 42.3 Å². The topological polar surface area (TPSA) is 62.4 Å². The lowest BCUT2D eigenvalue weighted by atomic mass is 9.86. The molecule has 0 saturated heterocycles. The van der Waals surface area contributed by atoms with Gasteiger partial charge in [-0.15, -0.1) is 0 Å². The number of hydrogen-bond donors (Lipinski definition) is 1. The van der Waals surface area contributed by atoms with Gasteiger partial charge in [0.25, 0.3) is 0 Å². The summed E-state index contributed by atoms with van der Waals surface area (Å²) < 4.78 is 5.51. The highest BCUT2D eigenvalue weighted by molar-refractivity contribution is 5.58. The maximum Gasteiger partial charge on any atom is 0.244 e. The van der Waals surface area contributed by atoms with E-state index in [0.29, 0.717) is 17.6 Å². The van der Waals surface area contributed by atoms with E-state index in [2.05, 4.69) is 29.0 Å². The molecule has 1 aliphatic carbocycles. The highest BCUT2D eigenvalue weighted by Gasteiger charge is 2.27. The zero-order valence-corrected chi connectivity index (χ0v) is 14.8. The van der Waals surface area contributed by atoms with Crippen LogP contribution in [0, 0.1) is 12.8 Å². The molecule has 0 amide bonds. The summed E-state index contributed by atoms with van der Waals surface area (Å²) >= 11 is 0. The van der Waals surface area contributed by atoms with E-state index in [1.807, 2.05) is 31.2 Å². The van der Waals surface area contributed by atoms with Gasteiger partial charge < -0.3 is 9.63 Å². The number of nitrogens with zero attached hydrogens (tertiary/aromatic N) is 3. The van der Waals surface area contributed by atoms with Crippen molar-refractivity contribution in [1.29, 1.82) is 0 Å². The molecule has 0 aliphatic heterocycles. The molecule has 5 nitrogen and oxygen atoms in total. The Morgan fingerprint density at radius 3 is 2.79 bits per heavy atom. The van der Waals surface area contributed by atoms with Crippen LogP contribution in [0.1, 0.15) is 50.1 Å². The lowest BCUT2D eigenvalue weighted by molar-refractivity contribution is 0.0415. The maximum absolute atomic E-state index is 10.2. The summed E-state index contributed by atoms with van der Waals surface area (Å²) in [5.41, 5.74) is 2.14. The largest absolute Gasteiger partial charge is 0.393 e. The van der Waals surface area contributed by atoms with Gasteiger partial charge in [-0.05, 0) is 45.2 Å². The van der Waals surface area contributed by atoms with Crippen LogP contribution in [-0.2, 0) is 0 Å². The van der Waals surface area contributed by atoms with Gasteiger partial charge in [-0.2, -0.15) is 4.98 Å². The molecule has 1 heterocycles. The fraction of sp³-hybridized carbons (Fsp3) is 0.579. The Labute approximate surface area is 143 Å². The van der Waals surface area contributed by atoms with Crippen molar-refractivity contribution in [1.82, 2.24) is 15.0 Å². The van der Waals surface area contributed by atoms with Crippen LogP contribution in [0.5, 0.6) is 0 Å². The van der Waals surface area contributed by atoms with Crippen molar-refractivity contribution in [3.8, 4) is 11.4 Å². The molecular weight excluding hydrogens is 302 g/mol. The van der Waals surface area contributed by atoms with Gasteiger partial charge in [0.2, 0.25) is 11.7 Å². The third-order valence-corrected chi connectivity index (χ3v) is 5.24. The Hall–Kier alpha value is -1.72. The number of hydrogen-bond acceptors (Lipinski definition) is 5. The van der Waals surface area contributed by atoms with E-state index in [0.717, 1.165) is 36.9 Å². The van der Waals surface area contributed by atoms with Crippen molar-refractivity contribution in [2.45, 2.75) is 51.7 Å². The standard InChI is InChI=1S/C19H27N3O2/c1-13-8-4-6-10-16(13)18-20-19(24-21-18)14(2)22(3)12-15-9-5-7-11-17(15)23/h4,6,8,10,14-15,17,23H,5,7,9,11-12H2,1-3H3. The smallest absolute Gasteiger partial charge is 0.244 e. The second-order valence-electron chi connectivity index (χ2n) is 7.00. The Balaban J connectivity index is 1.69. The van der Waals surface area contributed by atoms with Gasteiger partial charge in [0.05, 0.1) is 12.1 Å². The van der Waals surface area contributed by atoms with Gasteiger partial charge >= 0.3 is 0 Å². The second-order valence-corrected chi connectivity index (χ2v) is 7.00. The fourth-order valence-corrected chi connectivity index (χ4v) is 3.46. The Kier molecular flexibility index (Phi) is 5.31. The maximum atomic E-state index is 10.2. The zero-order valence-electron chi connectivity index (χ0n) is 14.8. The minimum atomic E-state index is -0.182. The third kappa shape index (κ3) is 3.68.